The quantitative estimate of drug-likeness (QED) is 0.583. The summed E-state index contributed by atoms with van der Waals surface area (Å²) in [5.41, 5.74) is 6.89. The van der Waals surface area contributed by atoms with Gasteiger partial charge in [-0.25, -0.2) is 9.78 Å². The molecule has 1 aliphatic carbocycles. The van der Waals surface area contributed by atoms with Gasteiger partial charge in [0.2, 0.25) is 0 Å². The third kappa shape index (κ3) is 4.83. The van der Waals surface area contributed by atoms with E-state index in [-0.39, 0.29) is 18.1 Å². The van der Waals surface area contributed by atoms with E-state index in [0.29, 0.717) is 12.4 Å². The van der Waals surface area contributed by atoms with Crippen molar-refractivity contribution >= 4 is 22.8 Å². The Morgan fingerprint density at radius 3 is 2.84 bits per heavy atom. The van der Waals surface area contributed by atoms with Gasteiger partial charge in [-0.15, -0.1) is 0 Å². The van der Waals surface area contributed by atoms with Crippen LogP contribution in [-0.2, 0) is 11.3 Å². The first-order valence-corrected chi connectivity index (χ1v) is 11.4. The molecule has 4 N–H and O–H groups in total. The fraction of sp³-hybridized carbons (Fsp3) is 0.591. The van der Waals surface area contributed by atoms with E-state index in [1.165, 1.54) is 24.8 Å². The zero-order valence-corrected chi connectivity index (χ0v) is 17.8. The summed E-state index contributed by atoms with van der Waals surface area (Å²) in [6.07, 6.45) is 5.77. The molecule has 1 saturated heterocycles. The van der Waals surface area contributed by atoms with Crippen LogP contribution in [0.4, 0.5) is 4.79 Å². The molecule has 2 amide bonds. The molecule has 1 aromatic carbocycles. The second kappa shape index (κ2) is 9.23. The van der Waals surface area contributed by atoms with Gasteiger partial charge in [-0.1, -0.05) is 25.3 Å². The molecule has 0 spiro atoms. The highest BCUT2D eigenvalue weighted by Gasteiger charge is 2.28. The fourth-order valence-corrected chi connectivity index (χ4v) is 4.66. The van der Waals surface area contributed by atoms with Crippen molar-refractivity contribution in [1.82, 2.24) is 30.9 Å². The van der Waals surface area contributed by atoms with Gasteiger partial charge in [0.15, 0.2) is 5.82 Å². The number of fused-ring (bicyclic) bond motifs is 1. The van der Waals surface area contributed by atoms with E-state index >= 15 is 0 Å². The first-order chi connectivity index (χ1) is 15.2. The third-order valence-electron chi connectivity index (χ3n) is 6.37. The van der Waals surface area contributed by atoms with Crippen molar-refractivity contribution in [2.24, 2.45) is 5.10 Å². The normalized spacial score (nSPS) is 22.8. The van der Waals surface area contributed by atoms with Crippen molar-refractivity contribution in [2.45, 2.75) is 50.7 Å². The lowest BCUT2D eigenvalue weighted by molar-refractivity contribution is 0.0342. The van der Waals surface area contributed by atoms with E-state index in [2.05, 4.69) is 43.2 Å². The number of benzene rings is 1. The molecule has 0 bridgehead atoms. The Labute approximate surface area is 182 Å². The number of hydrazone groups is 1. The second-order valence-electron chi connectivity index (χ2n) is 8.69. The summed E-state index contributed by atoms with van der Waals surface area (Å²) < 4.78 is 5.44. The van der Waals surface area contributed by atoms with Gasteiger partial charge in [-0.3, -0.25) is 4.90 Å². The molecule has 9 nitrogen and oxygen atoms in total. The van der Waals surface area contributed by atoms with Crippen molar-refractivity contribution in [3.63, 3.8) is 0 Å². The Hall–Kier alpha value is -2.65. The van der Waals surface area contributed by atoms with E-state index in [1.807, 2.05) is 6.07 Å². The summed E-state index contributed by atoms with van der Waals surface area (Å²) in [5, 5.41) is 10.6. The zero-order chi connectivity index (χ0) is 21.0. The second-order valence-corrected chi connectivity index (χ2v) is 8.69. The number of aromatic amines is 1. The summed E-state index contributed by atoms with van der Waals surface area (Å²) in [6, 6.07) is 6.27. The highest BCUT2D eigenvalue weighted by molar-refractivity contribution is 6.05. The minimum absolute atomic E-state index is 0.128. The van der Waals surface area contributed by atoms with Crippen LogP contribution in [-0.4, -0.2) is 71.5 Å². The molecule has 0 radical (unpaired) electrons. The molecule has 5 rings (SSSR count). The highest BCUT2D eigenvalue weighted by Crippen LogP contribution is 2.19. The Bertz CT molecular complexity index is 944. The SMILES string of the molecule is O=C(NC1CCCCC1)NC1CNN=C1c1nc2ccc(CN3CCOCC3)cc2[nH]1. The minimum Gasteiger partial charge on any atom is -0.379 e. The van der Waals surface area contributed by atoms with Gasteiger partial charge >= 0.3 is 6.03 Å². The van der Waals surface area contributed by atoms with Crippen LogP contribution in [0, 0.1) is 0 Å². The Kier molecular flexibility index (Phi) is 6.04. The molecule has 9 heteroatoms. The van der Waals surface area contributed by atoms with Gasteiger partial charge in [-0.2, -0.15) is 5.10 Å². The first-order valence-electron chi connectivity index (χ1n) is 11.4. The van der Waals surface area contributed by atoms with Crippen LogP contribution in [0.25, 0.3) is 11.0 Å². The van der Waals surface area contributed by atoms with Crippen LogP contribution in [0.15, 0.2) is 23.3 Å². The number of rotatable bonds is 5. The van der Waals surface area contributed by atoms with Gasteiger partial charge in [0.25, 0.3) is 0 Å². The minimum atomic E-state index is -0.211. The van der Waals surface area contributed by atoms with Crippen LogP contribution in [0.1, 0.15) is 43.5 Å². The number of carbonyl (C=O) groups is 1. The number of imidazole rings is 1. The maximum atomic E-state index is 12.5. The number of carbonyl (C=O) groups excluding carboxylic acids is 1. The number of urea groups is 1. The summed E-state index contributed by atoms with van der Waals surface area (Å²) in [6.45, 7) is 4.99. The summed E-state index contributed by atoms with van der Waals surface area (Å²) >= 11 is 0. The molecular formula is C22H31N7O2. The number of amides is 2. The van der Waals surface area contributed by atoms with Crippen molar-refractivity contribution in [3.8, 4) is 0 Å². The van der Waals surface area contributed by atoms with E-state index in [9.17, 15) is 4.79 Å². The predicted octanol–water partition coefficient (Wildman–Crippen LogP) is 1.70. The Morgan fingerprint density at radius 2 is 2.00 bits per heavy atom. The number of hydrogen-bond acceptors (Lipinski definition) is 6. The first kappa shape index (κ1) is 20.3. The highest BCUT2D eigenvalue weighted by atomic mass is 16.5. The fourth-order valence-electron chi connectivity index (χ4n) is 4.66. The maximum absolute atomic E-state index is 12.5. The molecule has 1 unspecified atom stereocenters. The summed E-state index contributed by atoms with van der Waals surface area (Å²) in [7, 11) is 0. The molecule has 2 fully saturated rings. The van der Waals surface area contributed by atoms with Crippen molar-refractivity contribution in [3.05, 3.63) is 29.6 Å². The standard InChI is InChI=1S/C22H31N7O2/c30-22(24-16-4-2-1-3-5-16)27-19-13-23-28-20(19)21-25-17-7-6-15(12-18(17)26-21)14-29-8-10-31-11-9-29/h6-7,12,16,19,23H,1-5,8-11,13-14H2,(H,25,26)(H2,24,27,30). The number of hydrogen-bond donors (Lipinski definition) is 4. The Balaban J connectivity index is 1.24. The number of morpholine rings is 1. The van der Waals surface area contributed by atoms with E-state index in [4.69, 9.17) is 9.72 Å². The molecule has 3 heterocycles. The van der Waals surface area contributed by atoms with Crippen LogP contribution in [0.3, 0.4) is 0 Å². The molecule has 2 aromatic rings. The monoisotopic (exact) mass is 425 g/mol. The average molecular weight is 426 g/mol. The van der Waals surface area contributed by atoms with Crippen molar-refractivity contribution in [1.29, 1.82) is 0 Å². The third-order valence-corrected chi connectivity index (χ3v) is 6.37. The summed E-state index contributed by atoms with van der Waals surface area (Å²) in [5.74, 6) is 0.700. The number of ether oxygens (including phenoxy) is 1. The van der Waals surface area contributed by atoms with Gasteiger partial charge in [0, 0.05) is 25.7 Å². The maximum Gasteiger partial charge on any atom is 0.315 e. The molecule has 3 aliphatic rings. The molecule has 2 aliphatic heterocycles. The Morgan fingerprint density at radius 1 is 1.16 bits per heavy atom. The number of H-pyrrole nitrogens is 1. The van der Waals surface area contributed by atoms with Crippen molar-refractivity contribution < 1.29 is 9.53 Å². The van der Waals surface area contributed by atoms with Gasteiger partial charge in [0.05, 0.1) is 36.8 Å². The molecule has 1 saturated carbocycles. The lowest BCUT2D eigenvalue weighted by Gasteiger charge is -2.26. The number of aromatic nitrogens is 2. The lowest BCUT2D eigenvalue weighted by Crippen LogP contribution is -2.50. The van der Waals surface area contributed by atoms with Crippen LogP contribution in [0.5, 0.6) is 0 Å². The van der Waals surface area contributed by atoms with E-state index in [1.54, 1.807) is 0 Å². The zero-order valence-electron chi connectivity index (χ0n) is 17.8. The van der Waals surface area contributed by atoms with Gasteiger partial charge in [-0.05, 0) is 30.5 Å². The topological polar surface area (TPSA) is 107 Å². The average Bonchev–Trinajstić information content (AvgIpc) is 3.41. The molecule has 1 aromatic heterocycles. The van der Waals surface area contributed by atoms with E-state index in [0.717, 1.165) is 62.4 Å². The largest absolute Gasteiger partial charge is 0.379 e. The van der Waals surface area contributed by atoms with Crippen molar-refractivity contribution in [2.75, 3.05) is 32.8 Å². The van der Waals surface area contributed by atoms with Gasteiger partial charge < -0.3 is 25.8 Å². The number of nitrogens with zero attached hydrogens (tertiary/aromatic N) is 3. The van der Waals surface area contributed by atoms with Gasteiger partial charge in [0.1, 0.15) is 5.71 Å². The smallest absolute Gasteiger partial charge is 0.315 e. The lowest BCUT2D eigenvalue weighted by atomic mass is 9.96. The van der Waals surface area contributed by atoms with Crippen LogP contribution in [0.2, 0.25) is 0 Å². The van der Waals surface area contributed by atoms with Crippen LogP contribution >= 0.6 is 0 Å². The molecular weight excluding hydrogens is 394 g/mol. The van der Waals surface area contributed by atoms with Crippen LogP contribution < -0.4 is 16.1 Å². The number of nitrogens with one attached hydrogen (secondary N) is 4. The predicted molar refractivity (Wildman–Crippen MR) is 119 cm³/mol. The summed E-state index contributed by atoms with van der Waals surface area (Å²) in [4.78, 5) is 23.0. The van der Waals surface area contributed by atoms with E-state index < -0.39 is 0 Å². The molecule has 1 atom stereocenters. The molecule has 166 valence electrons. The molecule has 31 heavy (non-hydrogen) atoms.